The van der Waals surface area contributed by atoms with Gasteiger partial charge >= 0.3 is 0 Å². The van der Waals surface area contributed by atoms with Crippen LogP contribution in [0.2, 0.25) is 0 Å². The van der Waals surface area contributed by atoms with Crippen LogP contribution < -0.4 is 0 Å². The minimum Gasteiger partial charge on any atom is -0.0622 e. The second-order valence-electron chi connectivity index (χ2n) is 10.0. The summed E-state index contributed by atoms with van der Waals surface area (Å²) in [6.45, 7) is 0. The van der Waals surface area contributed by atoms with Gasteiger partial charge in [0.05, 0.1) is 43.9 Å². The van der Waals surface area contributed by atoms with Crippen molar-refractivity contribution in [2.24, 2.45) is 0 Å². The van der Waals surface area contributed by atoms with Gasteiger partial charge in [0.25, 0.3) is 0 Å². The van der Waals surface area contributed by atoms with Crippen LogP contribution in [-0.2, 0) is 0 Å². The first kappa shape index (κ1) is 10.4. The quantitative estimate of drug-likeness (QED) is 0.164. The largest absolute Gasteiger partial charge is 0.0636 e. The Kier molecular flexibility index (Phi) is 2.56. The summed E-state index contributed by atoms with van der Waals surface area (Å²) in [4.78, 5) is 0. The zero-order valence-corrected chi connectivity index (χ0v) is 24.0. The van der Waals surface area contributed by atoms with Crippen molar-refractivity contribution in [2.75, 3.05) is 0 Å². The summed E-state index contributed by atoms with van der Waals surface area (Å²) < 4.78 is 288. The SMILES string of the molecule is [2H]c1c([2H])c([2H])c(-c2c([2H])c([2H])c(-c3c([2H])c([2H])c([2H])c(-c4c5c([2H])c([2H])c([2H])c([2H])c5c(-c5c([2H])c([2H])c([2H])c([2H])c5[2H])c5c([2H])c(-c6c([2H])c([2H])c([2H])c7c([2H])c([2H])c([2H])c([2H])c67)c([2H])c([2H])c45)c3[2H])c([2H])c2[2H])c([2H])c1[2H]. The van der Waals surface area contributed by atoms with E-state index in [1.54, 1.807) is 0 Å². The van der Waals surface area contributed by atoms with Crippen LogP contribution in [0.1, 0.15) is 43.9 Å². The first-order chi connectivity index (χ1) is 37.1. The molecule has 0 radical (unpaired) electrons. The summed E-state index contributed by atoms with van der Waals surface area (Å²) in [5.41, 5.74) is -9.07. The Labute approximate surface area is 326 Å². The topological polar surface area (TPSA) is 0 Å². The smallest absolute Gasteiger partial charge is 0.0622 e. The molecule has 0 spiro atoms. The maximum Gasteiger partial charge on any atom is 0.0636 e. The van der Waals surface area contributed by atoms with E-state index in [1.807, 2.05) is 0 Å². The van der Waals surface area contributed by atoms with Gasteiger partial charge in [-0.15, -0.1) is 0 Å². The zero-order chi connectivity index (χ0) is 59.7. The minimum atomic E-state index is -1.21. The molecule has 0 heteroatoms. The van der Waals surface area contributed by atoms with Gasteiger partial charge in [0, 0.05) is 0 Å². The maximum atomic E-state index is 10.1. The van der Waals surface area contributed by atoms with Crippen molar-refractivity contribution in [3.05, 3.63) is 193 Å². The lowest BCUT2D eigenvalue weighted by atomic mass is 9.84. The Morgan fingerprint density at radius 2 is 0.708 bits per heavy atom. The lowest BCUT2D eigenvalue weighted by Crippen LogP contribution is -1.92. The van der Waals surface area contributed by atoms with Crippen molar-refractivity contribution in [1.82, 2.24) is 0 Å². The van der Waals surface area contributed by atoms with E-state index in [2.05, 4.69) is 0 Å². The standard InChI is InChI=1S/C48H32/c1-3-13-33(14-4-1)34-25-27-35(28-26-34)38-19-11-20-40(31-38)48-44-23-10-9-22-43(44)47(37-16-5-2-6-17-37)46-32-39(29-30-45(46)48)42-24-12-18-36-15-7-8-21-41(36)42/h1-32H/i1D,2D,3D,4D,5D,6D,7D,8D,9D,10D,11D,12D,13D,14D,15D,16D,17D,18D,19D,20D,21D,22D,23D,24D,25D,26D,27D,28D,29D,30D,31D,32D. The van der Waals surface area contributed by atoms with Gasteiger partial charge in [-0.2, -0.15) is 0 Å². The first-order valence-electron chi connectivity index (χ1n) is 30.0. The number of hydrogen-bond acceptors (Lipinski definition) is 0. The fraction of sp³-hybridized carbons (Fsp3) is 0. The van der Waals surface area contributed by atoms with Crippen LogP contribution in [0.3, 0.4) is 0 Å². The molecule has 9 aromatic rings. The van der Waals surface area contributed by atoms with Gasteiger partial charge < -0.3 is 0 Å². The normalized spacial score (nSPS) is 20.7. The monoisotopic (exact) mass is 640 g/mol. The van der Waals surface area contributed by atoms with Gasteiger partial charge in [0.1, 0.15) is 0 Å². The van der Waals surface area contributed by atoms with Gasteiger partial charge in [-0.1, -0.05) is 181 Å². The molecule has 9 aromatic carbocycles. The molecule has 0 aliphatic rings. The Balaban J connectivity index is 1.61. The highest BCUT2D eigenvalue weighted by Crippen LogP contribution is 2.45. The number of hydrogen-bond donors (Lipinski definition) is 0. The van der Waals surface area contributed by atoms with Crippen molar-refractivity contribution in [1.29, 1.82) is 0 Å². The van der Waals surface area contributed by atoms with E-state index in [9.17, 15) is 17.8 Å². The lowest BCUT2D eigenvalue weighted by Gasteiger charge is -2.19. The third-order valence-corrected chi connectivity index (χ3v) is 7.31. The molecular formula is C48H32. The fourth-order valence-electron chi connectivity index (χ4n) is 5.25. The van der Waals surface area contributed by atoms with E-state index in [4.69, 9.17) is 26.0 Å². The summed E-state index contributed by atoms with van der Waals surface area (Å²) >= 11 is 0. The Morgan fingerprint density at radius 1 is 0.250 bits per heavy atom. The molecule has 0 fully saturated rings. The van der Waals surface area contributed by atoms with Gasteiger partial charge in [-0.25, -0.2) is 0 Å². The molecule has 0 saturated heterocycles. The van der Waals surface area contributed by atoms with Crippen molar-refractivity contribution in [3.63, 3.8) is 0 Å². The van der Waals surface area contributed by atoms with Crippen molar-refractivity contribution >= 4 is 32.3 Å². The highest BCUT2D eigenvalue weighted by Gasteiger charge is 2.18. The lowest BCUT2D eigenvalue weighted by molar-refractivity contribution is 1.58. The van der Waals surface area contributed by atoms with Gasteiger partial charge in [-0.05, 0) is 100 Å². The molecule has 0 aliphatic carbocycles. The summed E-state index contributed by atoms with van der Waals surface area (Å²) in [7, 11) is 0. The molecule has 0 heterocycles. The molecule has 0 aliphatic heterocycles. The Hall–Kier alpha value is -6.24. The van der Waals surface area contributed by atoms with Crippen LogP contribution in [0.25, 0.3) is 88.0 Å². The van der Waals surface area contributed by atoms with Crippen LogP contribution in [-0.4, -0.2) is 0 Å². The highest BCUT2D eigenvalue weighted by molar-refractivity contribution is 6.22. The average molecular weight is 641 g/mol. The Morgan fingerprint density at radius 3 is 1.44 bits per heavy atom. The molecule has 0 unspecified atom stereocenters. The van der Waals surface area contributed by atoms with Crippen LogP contribution in [0, 0.1) is 0 Å². The predicted molar refractivity (Wildman–Crippen MR) is 206 cm³/mol. The molecule has 0 bridgehead atoms. The predicted octanol–water partition coefficient (Wildman–Crippen LogP) is 13.5. The molecule has 0 aromatic heterocycles. The molecule has 9 rings (SSSR count). The van der Waals surface area contributed by atoms with Gasteiger partial charge in [0.2, 0.25) is 0 Å². The first-order valence-corrected chi connectivity index (χ1v) is 14.0. The molecular weight excluding hydrogens is 577 g/mol. The second-order valence-corrected chi connectivity index (χ2v) is 10.0. The van der Waals surface area contributed by atoms with Crippen LogP contribution >= 0.6 is 0 Å². The van der Waals surface area contributed by atoms with Crippen molar-refractivity contribution in [2.45, 2.75) is 0 Å². The fourth-order valence-corrected chi connectivity index (χ4v) is 5.25. The second kappa shape index (κ2) is 11.8. The molecule has 0 atom stereocenters. The molecule has 0 amide bonds. The van der Waals surface area contributed by atoms with Crippen LogP contribution in [0.5, 0.6) is 0 Å². The van der Waals surface area contributed by atoms with Crippen LogP contribution in [0.15, 0.2) is 193 Å². The van der Waals surface area contributed by atoms with E-state index in [-0.39, 0.29) is 0 Å². The molecule has 0 N–H and O–H groups in total. The van der Waals surface area contributed by atoms with Crippen molar-refractivity contribution < 1.29 is 43.9 Å². The third kappa shape index (κ3) is 4.87. The maximum absolute atomic E-state index is 10.1. The van der Waals surface area contributed by atoms with Gasteiger partial charge in [-0.3, -0.25) is 0 Å². The minimum absolute atomic E-state index is 0.684. The summed E-state index contributed by atoms with van der Waals surface area (Å²) in [5.74, 6) is 0. The number of fused-ring (bicyclic) bond motifs is 3. The van der Waals surface area contributed by atoms with E-state index in [0.717, 1.165) is 0 Å². The molecule has 48 heavy (non-hydrogen) atoms. The van der Waals surface area contributed by atoms with Crippen LogP contribution in [0.4, 0.5) is 0 Å². The zero-order valence-electron chi connectivity index (χ0n) is 56.0. The summed E-state index contributed by atoms with van der Waals surface area (Å²) in [6.07, 6.45) is 0. The molecule has 224 valence electrons. The van der Waals surface area contributed by atoms with E-state index < -0.39 is 281 Å². The highest BCUT2D eigenvalue weighted by atomic mass is 14.2. The Bertz CT molecular complexity index is 4330. The van der Waals surface area contributed by atoms with E-state index in [0.29, 0.717) is 0 Å². The summed E-state index contributed by atoms with van der Waals surface area (Å²) in [6, 6.07) is -33.5. The van der Waals surface area contributed by atoms with E-state index in [1.165, 1.54) is 0 Å². The van der Waals surface area contributed by atoms with Crippen molar-refractivity contribution in [3.8, 4) is 55.6 Å². The number of rotatable bonds is 5. The summed E-state index contributed by atoms with van der Waals surface area (Å²) in [5, 5.41) is -5.00. The average Bonchev–Trinajstić information content (AvgIpc) is 2.67. The van der Waals surface area contributed by atoms with Gasteiger partial charge in [0.15, 0.2) is 0 Å². The molecule has 0 saturated carbocycles. The number of benzene rings is 9. The third-order valence-electron chi connectivity index (χ3n) is 7.31. The molecule has 0 nitrogen and oxygen atoms in total. The van der Waals surface area contributed by atoms with E-state index >= 15 is 0 Å².